The molecule has 138 valence electrons. The van der Waals surface area contributed by atoms with Crippen LogP contribution < -0.4 is 9.47 Å². The normalized spacial score (nSPS) is 10.9. The molecule has 0 aliphatic heterocycles. The lowest BCUT2D eigenvalue weighted by Gasteiger charge is -2.09. The van der Waals surface area contributed by atoms with Gasteiger partial charge >= 0.3 is 0 Å². The van der Waals surface area contributed by atoms with Gasteiger partial charge in [-0.15, -0.1) is 0 Å². The first-order chi connectivity index (χ1) is 13.0. The summed E-state index contributed by atoms with van der Waals surface area (Å²) in [4.78, 5) is 10.3. The van der Waals surface area contributed by atoms with Crippen molar-refractivity contribution in [2.24, 2.45) is 5.10 Å². The van der Waals surface area contributed by atoms with Crippen LogP contribution in [0.25, 0.3) is 11.4 Å². The quantitative estimate of drug-likeness (QED) is 0.301. The van der Waals surface area contributed by atoms with Crippen molar-refractivity contribution in [3.63, 3.8) is 0 Å². The fourth-order valence-corrected chi connectivity index (χ4v) is 2.55. The largest absolute Gasteiger partial charge is 0.493 e. The third-order valence-electron chi connectivity index (χ3n) is 3.72. The van der Waals surface area contributed by atoms with Crippen molar-refractivity contribution in [2.75, 3.05) is 14.2 Å². The smallest absolute Gasteiger partial charge is 0.269 e. The van der Waals surface area contributed by atoms with E-state index in [2.05, 4.69) is 15.3 Å². The van der Waals surface area contributed by atoms with E-state index in [1.807, 2.05) is 6.07 Å². The van der Waals surface area contributed by atoms with Gasteiger partial charge < -0.3 is 9.47 Å². The molecule has 0 spiro atoms. The Kier molecular flexibility index (Phi) is 5.27. The van der Waals surface area contributed by atoms with Gasteiger partial charge in [0.15, 0.2) is 17.3 Å². The standard InChI is InChI=1S/C17H15N5O4S/c1-25-14-8-5-12(9-15(14)26-2)16-19-20-17(27)21(16)18-10-11-3-6-13(7-4-11)22(23)24/h3-10H,1-2H3,(H,20,27). The average Bonchev–Trinajstić information content (AvgIpc) is 3.06. The molecule has 9 nitrogen and oxygen atoms in total. The lowest BCUT2D eigenvalue weighted by atomic mass is 10.2. The Morgan fingerprint density at radius 3 is 2.52 bits per heavy atom. The van der Waals surface area contributed by atoms with Gasteiger partial charge in [-0.2, -0.15) is 14.9 Å². The lowest BCUT2D eigenvalue weighted by molar-refractivity contribution is -0.384. The van der Waals surface area contributed by atoms with Crippen LogP contribution in [0.15, 0.2) is 47.6 Å². The van der Waals surface area contributed by atoms with E-state index in [0.717, 1.165) is 5.56 Å². The van der Waals surface area contributed by atoms with Crippen LogP contribution in [0.2, 0.25) is 0 Å². The van der Waals surface area contributed by atoms with Crippen molar-refractivity contribution < 1.29 is 14.4 Å². The Morgan fingerprint density at radius 2 is 1.89 bits per heavy atom. The fraction of sp³-hybridized carbons (Fsp3) is 0.118. The highest BCUT2D eigenvalue weighted by molar-refractivity contribution is 7.71. The van der Waals surface area contributed by atoms with Crippen LogP contribution in [0.1, 0.15) is 5.56 Å². The molecule has 0 radical (unpaired) electrons. The summed E-state index contributed by atoms with van der Waals surface area (Å²) < 4.78 is 12.3. The number of ether oxygens (including phenoxy) is 2. The molecule has 27 heavy (non-hydrogen) atoms. The highest BCUT2D eigenvalue weighted by atomic mass is 32.1. The zero-order valence-corrected chi connectivity index (χ0v) is 15.3. The predicted molar refractivity (Wildman–Crippen MR) is 102 cm³/mol. The van der Waals surface area contributed by atoms with Gasteiger partial charge in [0.1, 0.15) is 0 Å². The van der Waals surface area contributed by atoms with E-state index in [4.69, 9.17) is 21.7 Å². The van der Waals surface area contributed by atoms with Crippen molar-refractivity contribution in [2.45, 2.75) is 0 Å². The molecule has 0 atom stereocenters. The van der Waals surface area contributed by atoms with Crippen molar-refractivity contribution in [1.29, 1.82) is 0 Å². The molecule has 0 saturated heterocycles. The van der Waals surface area contributed by atoms with Gasteiger partial charge in [-0.05, 0) is 48.1 Å². The minimum atomic E-state index is -0.456. The minimum Gasteiger partial charge on any atom is -0.493 e. The summed E-state index contributed by atoms with van der Waals surface area (Å²) in [6, 6.07) is 11.3. The second kappa shape index (κ2) is 7.79. The second-order valence-electron chi connectivity index (χ2n) is 5.33. The van der Waals surface area contributed by atoms with Gasteiger partial charge in [-0.25, -0.2) is 5.10 Å². The van der Waals surface area contributed by atoms with Gasteiger partial charge in [0.2, 0.25) is 4.77 Å². The summed E-state index contributed by atoms with van der Waals surface area (Å²) in [5.74, 6) is 1.63. The van der Waals surface area contributed by atoms with E-state index >= 15 is 0 Å². The van der Waals surface area contributed by atoms with E-state index in [1.54, 1.807) is 44.7 Å². The monoisotopic (exact) mass is 385 g/mol. The van der Waals surface area contributed by atoms with Crippen molar-refractivity contribution in [1.82, 2.24) is 14.9 Å². The lowest BCUT2D eigenvalue weighted by Crippen LogP contribution is -1.97. The summed E-state index contributed by atoms with van der Waals surface area (Å²) in [5, 5.41) is 22.0. The number of aromatic amines is 1. The number of nitro groups is 1. The molecule has 1 heterocycles. The molecule has 1 N–H and O–H groups in total. The van der Waals surface area contributed by atoms with Crippen LogP contribution in [0, 0.1) is 14.9 Å². The van der Waals surface area contributed by atoms with Crippen molar-refractivity contribution in [3.8, 4) is 22.9 Å². The van der Waals surface area contributed by atoms with Gasteiger partial charge in [0, 0.05) is 17.7 Å². The van der Waals surface area contributed by atoms with E-state index in [0.29, 0.717) is 27.7 Å². The molecular weight excluding hydrogens is 370 g/mol. The number of rotatable bonds is 6. The van der Waals surface area contributed by atoms with E-state index in [1.165, 1.54) is 16.8 Å². The average molecular weight is 385 g/mol. The second-order valence-corrected chi connectivity index (χ2v) is 5.71. The van der Waals surface area contributed by atoms with Gasteiger partial charge in [-0.1, -0.05) is 0 Å². The fourth-order valence-electron chi connectivity index (χ4n) is 2.37. The van der Waals surface area contributed by atoms with Crippen LogP contribution in [0.5, 0.6) is 11.5 Å². The molecule has 10 heteroatoms. The van der Waals surface area contributed by atoms with Gasteiger partial charge in [0.05, 0.1) is 25.4 Å². The predicted octanol–water partition coefficient (Wildman–Crippen LogP) is 3.42. The number of methoxy groups -OCH3 is 2. The SMILES string of the molecule is COc1ccc(-c2n[nH]c(=S)n2N=Cc2ccc([N+](=O)[O-])cc2)cc1OC. The first-order valence-corrected chi connectivity index (χ1v) is 8.13. The van der Waals surface area contributed by atoms with Crippen LogP contribution in [-0.4, -0.2) is 40.2 Å². The highest BCUT2D eigenvalue weighted by Crippen LogP contribution is 2.31. The van der Waals surface area contributed by atoms with Crippen molar-refractivity contribution in [3.05, 3.63) is 62.9 Å². The molecule has 0 saturated carbocycles. The number of hydrogen-bond acceptors (Lipinski definition) is 7. The third-order valence-corrected chi connectivity index (χ3v) is 3.98. The number of benzene rings is 2. The number of H-pyrrole nitrogens is 1. The molecule has 1 aromatic heterocycles. The van der Waals surface area contributed by atoms with Crippen LogP contribution in [-0.2, 0) is 0 Å². The maximum absolute atomic E-state index is 10.7. The molecule has 3 aromatic rings. The maximum atomic E-state index is 10.7. The third kappa shape index (κ3) is 3.85. The number of non-ortho nitro benzene ring substituents is 1. The topological polar surface area (TPSA) is 108 Å². The van der Waals surface area contributed by atoms with Crippen molar-refractivity contribution >= 4 is 24.1 Å². The van der Waals surface area contributed by atoms with Crippen LogP contribution in [0.4, 0.5) is 5.69 Å². The van der Waals surface area contributed by atoms with E-state index in [-0.39, 0.29) is 5.69 Å². The molecule has 0 bridgehead atoms. The maximum Gasteiger partial charge on any atom is 0.269 e. The highest BCUT2D eigenvalue weighted by Gasteiger charge is 2.12. The van der Waals surface area contributed by atoms with Gasteiger partial charge in [0.25, 0.3) is 5.69 Å². The summed E-state index contributed by atoms with van der Waals surface area (Å²) >= 11 is 5.24. The summed E-state index contributed by atoms with van der Waals surface area (Å²) in [5.41, 5.74) is 1.42. The number of aromatic nitrogens is 3. The molecule has 0 amide bonds. The number of nitro benzene ring substituents is 1. The van der Waals surface area contributed by atoms with Crippen LogP contribution >= 0.6 is 12.2 Å². The number of nitrogens with zero attached hydrogens (tertiary/aromatic N) is 4. The Hall–Kier alpha value is -3.53. The molecule has 2 aromatic carbocycles. The Balaban J connectivity index is 1.95. The molecular formula is C17H15N5O4S. The molecule has 3 rings (SSSR count). The zero-order chi connectivity index (χ0) is 19.4. The first-order valence-electron chi connectivity index (χ1n) is 7.72. The van der Waals surface area contributed by atoms with Gasteiger partial charge in [-0.3, -0.25) is 10.1 Å². The zero-order valence-electron chi connectivity index (χ0n) is 14.4. The Labute approximate surface area is 159 Å². The number of hydrogen-bond donors (Lipinski definition) is 1. The summed E-state index contributed by atoms with van der Waals surface area (Å²) in [6.07, 6.45) is 1.54. The number of nitrogens with one attached hydrogen (secondary N) is 1. The van der Waals surface area contributed by atoms with Crippen LogP contribution in [0.3, 0.4) is 0 Å². The molecule has 0 fully saturated rings. The first kappa shape index (κ1) is 18.3. The van der Waals surface area contributed by atoms with E-state index in [9.17, 15) is 10.1 Å². The Morgan fingerprint density at radius 1 is 1.19 bits per heavy atom. The van der Waals surface area contributed by atoms with E-state index < -0.39 is 4.92 Å². The summed E-state index contributed by atoms with van der Waals surface area (Å²) in [7, 11) is 3.10. The Bertz CT molecular complexity index is 1060. The minimum absolute atomic E-state index is 0.0121. The molecule has 0 aliphatic carbocycles. The molecule has 0 aliphatic rings. The molecule has 0 unspecified atom stereocenters. The summed E-state index contributed by atoms with van der Waals surface area (Å²) in [6.45, 7) is 0.